The van der Waals surface area contributed by atoms with Crippen LogP contribution in [0.2, 0.25) is 0 Å². The van der Waals surface area contributed by atoms with Crippen molar-refractivity contribution in [1.82, 2.24) is 10.2 Å². The van der Waals surface area contributed by atoms with Crippen LogP contribution in [-0.4, -0.2) is 38.6 Å². The third-order valence-corrected chi connectivity index (χ3v) is 2.28. The van der Waals surface area contributed by atoms with Crippen molar-refractivity contribution >= 4 is 0 Å². The lowest BCUT2D eigenvalue weighted by molar-refractivity contribution is 0.0325. The summed E-state index contributed by atoms with van der Waals surface area (Å²) in [5, 5.41) is 3.19. The lowest BCUT2D eigenvalue weighted by atomic mass is 9.79. The van der Waals surface area contributed by atoms with Crippen molar-refractivity contribution in [2.24, 2.45) is 5.41 Å². The van der Waals surface area contributed by atoms with Gasteiger partial charge in [-0.1, -0.05) is 20.8 Å². The largest absolute Gasteiger partial charge is 0.320 e. The Bertz CT molecular complexity index is 106. The zero-order chi connectivity index (χ0) is 9.61. The molecule has 0 amide bonds. The number of likely N-dealkylation sites (tertiary alicyclic amines) is 1. The first-order chi connectivity index (χ1) is 5.66. The van der Waals surface area contributed by atoms with Crippen molar-refractivity contribution in [3.8, 4) is 0 Å². The van der Waals surface area contributed by atoms with E-state index in [1.165, 1.54) is 19.5 Å². The van der Waals surface area contributed by atoms with Gasteiger partial charge < -0.3 is 10.2 Å². The topological polar surface area (TPSA) is 15.3 Å². The second kappa shape index (κ2) is 5.55. The average Bonchev–Trinajstić information content (AvgIpc) is 2.02. The van der Waals surface area contributed by atoms with Gasteiger partial charge >= 0.3 is 0 Å². The van der Waals surface area contributed by atoms with Gasteiger partial charge in [-0.25, -0.2) is 0 Å². The molecular formula is C10H24N2. The Morgan fingerprint density at radius 3 is 2.17 bits per heavy atom. The van der Waals surface area contributed by atoms with Crippen LogP contribution in [0.5, 0.6) is 0 Å². The van der Waals surface area contributed by atoms with Gasteiger partial charge in [0, 0.05) is 13.1 Å². The zero-order valence-corrected chi connectivity index (χ0v) is 9.28. The molecule has 1 N–H and O–H groups in total. The molecule has 74 valence electrons. The van der Waals surface area contributed by atoms with Gasteiger partial charge in [-0.05, 0) is 32.5 Å². The quantitative estimate of drug-likeness (QED) is 0.695. The predicted octanol–water partition coefficient (Wildman–Crippen LogP) is 1.57. The van der Waals surface area contributed by atoms with E-state index in [0.29, 0.717) is 5.41 Å². The fraction of sp³-hybridized carbons (Fsp3) is 1.00. The molecule has 12 heavy (non-hydrogen) atoms. The van der Waals surface area contributed by atoms with Gasteiger partial charge in [0.05, 0.1) is 0 Å². The van der Waals surface area contributed by atoms with Gasteiger partial charge in [-0.15, -0.1) is 0 Å². The molecule has 1 heterocycles. The molecule has 0 aliphatic carbocycles. The highest BCUT2D eigenvalue weighted by molar-refractivity contribution is 4.89. The SMILES string of the molecule is CC.CNCCC1(C)CN(C)C1. The summed E-state index contributed by atoms with van der Waals surface area (Å²) in [4.78, 5) is 2.37. The van der Waals surface area contributed by atoms with E-state index in [1.807, 2.05) is 20.9 Å². The molecule has 0 aromatic carbocycles. The molecular weight excluding hydrogens is 148 g/mol. The Morgan fingerprint density at radius 1 is 1.33 bits per heavy atom. The van der Waals surface area contributed by atoms with Crippen LogP contribution in [0.4, 0.5) is 0 Å². The van der Waals surface area contributed by atoms with Crippen molar-refractivity contribution in [3.63, 3.8) is 0 Å². The second-order valence-corrected chi connectivity index (χ2v) is 3.84. The number of rotatable bonds is 3. The molecule has 0 aromatic rings. The number of nitrogens with one attached hydrogen (secondary N) is 1. The highest BCUT2D eigenvalue weighted by atomic mass is 15.2. The Morgan fingerprint density at radius 2 is 1.83 bits per heavy atom. The van der Waals surface area contributed by atoms with Gasteiger partial charge in [-0.2, -0.15) is 0 Å². The van der Waals surface area contributed by atoms with Crippen molar-refractivity contribution in [3.05, 3.63) is 0 Å². The van der Waals surface area contributed by atoms with E-state index in [4.69, 9.17) is 0 Å². The summed E-state index contributed by atoms with van der Waals surface area (Å²) in [6.45, 7) is 10.1. The first-order valence-electron chi connectivity index (χ1n) is 4.99. The maximum absolute atomic E-state index is 3.19. The molecule has 0 unspecified atom stereocenters. The molecule has 1 saturated heterocycles. The fourth-order valence-corrected chi connectivity index (χ4v) is 1.84. The molecule has 2 heteroatoms. The molecule has 1 rings (SSSR count). The van der Waals surface area contributed by atoms with Crippen LogP contribution in [0.25, 0.3) is 0 Å². The molecule has 1 aliphatic heterocycles. The van der Waals surface area contributed by atoms with Gasteiger partial charge in [0.2, 0.25) is 0 Å². The Hall–Kier alpha value is -0.0800. The monoisotopic (exact) mass is 172 g/mol. The lowest BCUT2D eigenvalue weighted by Gasteiger charge is -2.46. The Kier molecular flexibility index (Phi) is 5.51. The Balaban J connectivity index is 0.000000561. The zero-order valence-electron chi connectivity index (χ0n) is 9.28. The van der Waals surface area contributed by atoms with E-state index in [1.54, 1.807) is 0 Å². The van der Waals surface area contributed by atoms with Crippen LogP contribution >= 0.6 is 0 Å². The minimum Gasteiger partial charge on any atom is -0.320 e. The van der Waals surface area contributed by atoms with E-state index in [0.717, 1.165) is 6.54 Å². The molecule has 0 saturated carbocycles. The molecule has 1 aliphatic rings. The van der Waals surface area contributed by atoms with Crippen LogP contribution in [0.3, 0.4) is 0 Å². The summed E-state index contributed by atoms with van der Waals surface area (Å²) in [5.41, 5.74) is 0.609. The van der Waals surface area contributed by atoms with E-state index in [-0.39, 0.29) is 0 Å². The lowest BCUT2D eigenvalue weighted by Crippen LogP contribution is -2.53. The molecule has 0 bridgehead atoms. The molecule has 2 nitrogen and oxygen atoms in total. The van der Waals surface area contributed by atoms with Crippen molar-refractivity contribution in [2.75, 3.05) is 33.7 Å². The van der Waals surface area contributed by atoms with Crippen LogP contribution in [0.15, 0.2) is 0 Å². The van der Waals surface area contributed by atoms with Gasteiger partial charge in [0.25, 0.3) is 0 Å². The number of hydrogen-bond donors (Lipinski definition) is 1. The predicted molar refractivity (Wildman–Crippen MR) is 55.5 cm³/mol. The minimum absolute atomic E-state index is 0.609. The van der Waals surface area contributed by atoms with Crippen LogP contribution in [0, 0.1) is 5.41 Å². The van der Waals surface area contributed by atoms with E-state index < -0.39 is 0 Å². The third-order valence-electron chi connectivity index (χ3n) is 2.28. The van der Waals surface area contributed by atoms with E-state index in [2.05, 4.69) is 24.2 Å². The Labute approximate surface area is 77.3 Å². The first-order valence-corrected chi connectivity index (χ1v) is 4.99. The molecule has 0 spiro atoms. The molecule has 0 radical (unpaired) electrons. The van der Waals surface area contributed by atoms with Crippen molar-refractivity contribution in [1.29, 1.82) is 0 Å². The van der Waals surface area contributed by atoms with E-state index >= 15 is 0 Å². The summed E-state index contributed by atoms with van der Waals surface area (Å²) in [7, 11) is 4.20. The molecule has 0 atom stereocenters. The maximum Gasteiger partial charge on any atom is 0.00452 e. The van der Waals surface area contributed by atoms with Gasteiger partial charge in [-0.3, -0.25) is 0 Å². The van der Waals surface area contributed by atoms with Crippen LogP contribution in [0.1, 0.15) is 27.2 Å². The maximum atomic E-state index is 3.19. The third kappa shape index (κ3) is 3.55. The smallest absolute Gasteiger partial charge is 0.00452 e. The first kappa shape index (κ1) is 11.9. The van der Waals surface area contributed by atoms with Crippen LogP contribution in [-0.2, 0) is 0 Å². The van der Waals surface area contributed by atoms with Crippen molar-refractivity contribution in [2.45, 2.75) is 27.2 Å². The minimum atomic E-state index is 0.609. The van der Waals surface area contributed by atoms with E-state index in [9.17, 15) is 0 Å². The summed E-state index contributed by atoms with van der Waals surface area (Å²) >= 11 is 0. The van der Waals surface area contributed by atoms with Crippen LogP contribution < -0.4 is 5.32 Å². The molecule has 1 fully saturated rings. The standard InChI is InChI=1S/C8H18N2.C2H6/c1-8(4-5-9-2)6-10(3)7-8;1-2/h9H,4-7H2,1-3H3;1-2H3. The fourth-order valence-electron chi connectivity index (χ4n) is 1.84. The highest BCUT2D eigenvalue weighted by Crippen LogP contribution is 2.31. The summed E-state index contributed by atoms with van der Waals surface area (Å²) in [6, 6.07) is 0. The highest BCUT2D eigenvalue weighted by Gasteiger charge is 2.35. The number of hydrogen-bond acceptors (Lipinski definition) is 2. The van der Waals surface area contributed by atoms with Gasteiger partial charge in [0.15, 0.2) is 0 Å². The second-order valence-electron chi connectivity index (χ2n) is 3.84. The summed E-state index contributed by atoms with van der Waals surface area (Å²) in [5.74, 6) is 0. The summed E-state index contributed by atoms with van der Waals surface area (Å²) in [6.07, 6.45) is 1.31. The van der Waals surface area contributed by atoms with Gasteiger partial charge in [0.1, 0.15) is 0 Å². The normalized spacial score (nSPS) is 20.8. The molecule has 0 aromatic heterocycles. The summed E-state index contributed by atoms with van der Waals surface area (Å²) < 4.78 is 0. The average molecular weight is 172 g/mol. The van der Waals surface area contributed by atoms with Crippen molar-refractivity contribution < 1.29 is 0 Å². The number of nitrogens with zero attached hydrogens (tertiary/aromatic N) is 1.